The van der Waals surface area contributed by atoms with Gasteiger partial charge >= 0.3 is 0 Å². The van der Waals surface area contributed by atoms with E-state index in [1.165, 1.54) is 10.5 Å². The highest BCUT2D eigenvalue weighted by molar-refractivity contribution is 7.97. The highest BCUT2D eigenvalue weighted by Crippen LogP contribution is 2.16. The third-order valence-corrected chi connectivity index (χ3v) is 4.65. The van der Waals surface area contributed by atoms with Gasteiger partial charge in [0.25, 0.3) is 0 Å². The molecule has 2 rings (SSSR count). The quantitative estimate of drug-likeness (QED) is 0.545. The average Bonchev–Trinajstić information content (AvgIpc) is 2.61. The second-order valence-electron chi connectivity index (χ2n) is 5.89. The van der Waals surface area contributed by atoms with Gasteiger partial charge in [0.1, 0.15) is 0 Å². The molecule has 24 heavy (non-hydrogen) atoms. The van der Waals surface area contributed by atoms with E-state index in [1.54, 1.807) is 11.9 Å². The second-order valence-corrected chi connectivity index (χ2v) is 6.98. The minimum atomic E-state index is 0.219. The lowest BCUT2D eigenvalue weighted by molar-refractivity contribution is -0.130. The molecule has 1 amide bonds. The first-order valence-electron chi connectivity index (χ1n) is 8.39. The Kier molecular flexibility index (Phi) is 7.86. The summed E-state index contributed by atoms with van der Waals surface area (Å²) in [5, 5.41) is 0. The summed E-state index contributed by atoms with van der Waals surface area (Å²) in [7, 11) is 3.79. The van der Waals surface area contributed by atoms with Crippen LogP contribution in [0, 0.1) is 0 Å². The Morgan fingerprint density at radius 1 is 1.00 bits per heavy atom. The first-order chi connectivity index (χ1) is 11.7. The van der Waals surface area contributed by atoms with Crippen molar-refractivity contribution in [2.75, 3.05) is 14.1 Å². The van der Waals surface area contributed by atoms with Gasteiger partial charge in [0, 0.05) is 24.9 Å². The summed E-state index contributed by atoms with van der Waals surface area (Å²) in [5.41, 5.74) is 2.51. The number of nitrogens with zero attached hydrogens (tertiary/aromatic N) is 1. The fraction of sp³-hybridized carbons (Fsp3) is 0.350. The summed E-state index contributed by atoms with van der Waals surface area (Å²) in [4.78, 5) is 15.2. The predicted octanol–water partition coefficient (Wildman–Crippen LogP) is 4.28. The summed E-state index contributed by atoms with van der Waals surface area (Å²) in [5.74, 6) is 0.219. The zero-order valence-electron chi connectivity index (χ0n) is 14.5. The molecule has 1 N–H and O–H groups in total. The maximum absolute atomic E-state index is 12.2. The molecule has 0 saturated carbocycles. The van der Waals surface area contributed by atoms with Crippen molar-refractivity contribution in [3.05, 3.63) is 65.7 Å². The van der Waals surface area contributed by atoms with Crippen molar-refractivity contribution in [2.24, 2.45) is 0 Å². The Labute approximate surface area is 149 Å². The summed E-state index contributed by atoms with van der Waals surface area (Å²) in [6.45, 7) is 0.669. The van der Waals surface area contributed by atoms with Gasteiger partial charge in [-0.15, -0.1) is 0 Å². The fourth-order valence-electron chi connectivity index (χ4n) is 2.58. The molecule has 0 atom stereocenters. The topological polar surface area (TPSA) is 32.3 Å². The average molecular weight is 343 g/mol. The van der Waals surface area contributed by atoms with E-state index in [1.807, 2.05) is 25.1 Å². The Morgan fingerprint density at radius 3 is 2.38 bits per heavy atom. The van der Waals surface area contributed by atoms with Crippen LogP contribution in [0.4, 0.5) is 0 Å². The highest BCUT2D eigenvalue weighted by atomic mass is 32.2. The van der Waals surface area contributed by atoms with Gasteiger partial charge in [-0.05, 0) is 61.5 Å². The number of carbonyl (C=O) groups excluding carboxylic acids is 1. The number of unbranched alkanes of at least 4 members (excludes halogenated alkanes) is 1. The molecule has 0 aliphatic heterocycles. The molecule has 0 saturated heterocycles. The Bertz CT molecular complexity index is 613. The first-order valence-corrected chi connectivity index (χ1v) is 9.21. The van der Waals surface area contributed by atoms with Crippen LogP contribution in [0.1, 0.15) is 30.4 Å². The van der Waals surface area contributed by atoms with Gasteiger partial charge in [-0.1, -0.05) is 42.5 Å². The second kappa shape index (κ2) is 10.2. The van der Waals surface area contributed by atoms with Crippen LogP contribution >= 0.6 is 11.9 Å². The molecule has 0 unspecified atom stereocenters. The van der Waals surface area contributed by atoms with Gasteiger partial charge in [-0.2, -0.15) is 0 Å². The van der Waals surface area contributed by atoms with E-state index < -0.39 is 0 Å². The minimum Gasteiger partial charge on any atom is -0.341 e. The zero-order chi connectivity index (χ0) is 17.2. The van der Waals surface area contributed by atoms with E-state index in [9.17, 15) is 4.79 Å². The molecule has 2 aromatic rings. The Balaban J connectivity index is 1.69. The normalized spacial score (nSPS) is 10.6. The Hall–Kier alpha value is -1.78. The van der Waals surface area contributed by atoms with Crippen LogP contribution in [0.3, 0.4) is 0 Å². The number of carbonyl (C=O) groups is 1. The smallest absolute Gasteiger partial charge is 0.222 e. The molecule has 0 aromatic heterocycles. The molecule has 3 nitrogen and oxygen atoms in total. The van der Waals surface area contributed by atoms with Crippen molar-refractivity contribution < 1.29 is 4.79 Å². The maximum Gasteiger partial charge on any atom is 0.222 e. The lowest BCUT2D eigenvalue weighted by Crippen LogP contribution is -2.25. The van der Waals surface area contributed by atoms with Crippen molar-refractivity contribution >= 4 is 17.9 Å². The van der Waals surface area contributed by atoms with E-state index in [4.69, 9.17) is 0 Å². The highest BCUT2D eigenvalue weighted by Gasteiger charge is 2.09. The van der Waals surface area contributed by atoms with Gasteiger partial charge in [-0.3, -0.25) is 9.52 Å². The van der Waals surface area contributed by atoms with Crippen LogP contribution < -0.4 is 4.72 Å². The van der Waals surface area contributed by atoms with Crippen LogP contribution in [0.25, 0.3) is 0 Å². The van der Waals surface area contributed by atoms with Crippen LogP contribution in [0.5, 0.6) is 0 Å². The summed E-state index contributed by atoms with van der Waals surface area (Å²) in [6, 6.07) is 18.8. The van der Waals surface area contributed by atoms with E-state index in [-0.39, 0.29) is 5.91 Å². The van der Waals surface area contributed by atoms with Crippen molar-refractivity contribution in [1.29, 1.82) is 0 Å². The molecular weight excluding hydrogens is 316 g/mol. The third-order valence-electron chi connectivity index (χ3n) is 3.94. The molecule has 2 aromatic carbocycles. The van der Waals surface area contributed by atoms with Crippen molar-refractivity contribution in [3.63, 3.8) is 0 Å². The van der Waals surface area contributed by atoms with Crippen LogP contribution in [0.2, 0.25) is 0 Å². The van der Waals surface area contributed by atoms with Gasteiger partial charge in [0.05, 0.1) is 0 Å². The maximum atomic E-state index is 12.2. The van der Waals surface area contributed by atoms with Crippen molar-refractivity contribution in [2.45, 2.75) is 37.1 Å². The predicted molar refractivity (Wildman–Crippen MR) is 102 cm³/mol. The molecule has 0 radical (unpaired) electrons. The zero-order valence-corrected chi connectivity index (χ0v) is 15.3. The largest absolute Gasteiger partial charge is 0.341 e. The number of benzene rings is 2. The van der Waals surface area contributed by atoms with Crippen molar-refractivity contribution in [3.8, 4) is 0 Å². The molecule has 0 heterocycles. The lowest BCUT2D eigenvalue weighted by Gasteiger charge is -2.17. The van der Waals surface area contributed by atoms with Crippen LogP contribution in [-0.2, 0) is 17.8 Å². The third kappa shape index (κ3) is 6.38. The van der Waals surface area contributed by atoms with Gasteiger partial charge < -0.3 is 4.90 Å². The SMILES string of the molecule is CNSc1ccc(CN(C)C(=O)CCCCc2ccccc2)cc1. The molecule has 4 heteroatoms. The van der Waals surface area contributed by atoms with Crippen LogP contribution in [0.15, 0.2) is 59.5 Å². The summed E-state index contributed by atoms with van der Waals surface area (Å²) in [6.07, 6.45) is 3.66. The molecule has 0 spiro atoms. The minimum absolute atomic E-state index is 0.219. The van der Waals surface area contributed by atoms with E-state index in [2.05, 4.69) is 53.3 Å². The number of nitrogens with one attached hydrogen (secondary N) is 1. The molecule has 0 bridgehead atoms. The fourth-order valence-corrected chi connectivity index (χ4v) is 3.09. The molecule has 0 aliphatic carbocycles. The monoisotopic (exact) mass is 342 g/mol. The Morgan fingerprint density at radius 2 is 1.71 bits per heavy atom. The molecule has 0 fully saturated rings. The van der Waals surface area contributed by atoms with Gasteiger partial charge in [0.2, 0.25) is 5.91 Å². The number of hydrogen-bond acceptors (Lipinski definition) is 3. The van der Waals surface area contributed by atoms with Gasteiger partial charge in [0.15, 0.2) is 0 Å². The van der Waals surface area contributed by atoms with Gasteiger partial charge in [-0.25, -0.2) is 0 Å². The van der Waals surface area contributed by atoms with E-state index in [0.717, 1.165) is 24.8 Å². The molecule has 128 valence electrons. The molecule has 0 aliphatic rings. The standard InChI is InChI=1S/C20H26N2OS/c1-21-24-19-14-12-18(13-15-19)16-22(2)20(23)11-7-6-10-17-8-4-3-5-9-17/h3-5,8-9,12-15,21H,6-7,10-11,16H2,1-2H3. The van der Waals surface area contributed by atoms with Crippen LogP contribution in [-0.4, -0.2) is 24.9 Å². The summed E-state index contributed by atoms with van der Waals surface area (Å²) < 4.78 is 3.06. The number of amides is 1. The van der Waals surface area contributed by atoms with Crippen molar-refractivity contribution in [1.82, 2.24) is 9.62 Å². The number of aryl methyl sites for hydroxylation is 1. The van der Waals surface area contributed by atoms with E-state index in [0.29, 0.717) is 13.0 Å². The summed E-state index contributed by atoms with van der Waals surface area (Å²) >= 11 is 1.59. The number of hydrogen-bond donors (Lipinski definition) is 1. The lowest BCUT2D eigenvalue weighted by atomic mass is 10.1. The molecular formula is C20H26N2OS. The first kappa shape index (κ1) is 18.6. The number of rotatable bonds is 9. The van der Waals surface area contributed by atoms with E-state index >= 15 is 0 Å².